The molecule has 1 aliphatic carbocycles. The lowest BCUT2D eigenvalue weighted by Gasteiger charge is -2.18. The van der Waals surface area contributed by atoms with Gasteiger partial charge in [0.1, 0.15) is 5.01 Å². The Bertz CT molecular complexity index is 572. The van der Waals surface area contributed by atoms with E-state index < -0.39 is 0 Å². The monoisotopic (exact) mass is 288 g/mol. The first-order valence-corrected chi connectivity index (χ1v) is 7.87. The molecule has 0 fully saturated rings. The highest BCUT2D eigenvalue weighted by Gasteiger charge is 2.23. The number of aryl methyl sites for hydroxylation is 2. The van der Waals surface area contributed by atoms with Crippen LogP contribution in [0.25, 0.3) is 0 Å². The second-order valence-electron chi connectivity index (χ2n) is 5.13. The highest BCUT2D eigenvalue weighted by molar-refractivity contribution is 7.11. The van der Waals surface area contributed by atoms with Gasteiger partial charge < -0.3 is 10.1 Å². The molecule has 0 amide bonds. The fourth-order valence-electron chi connectivity index (χ4n) is 2.85. The molecule has 4 heteroatoms. The molecule has 3 rings (SSSR count). The van der Waals surface area contributed by atoms with Crippen LogP contribution in [0.4, 0.5) is 0 Å². The Balaban J connectivity index is 1.96. The summed E-state index contributed by atoms with van der Waals surface area (Å²) in [4.78, 5) is 6.33. The molecule has 1 heterocycles. The number of benzene rings is 1. The lowest BCUT2D eigenvalue weighted by molar-refractivity contribution is 0.184. The lowest BCUT2D eigenvalue weighted by Crippen LogP contribution is -2.19. The van der Waals surface area contributed by atoms with Crippen molar-refractivity contribution < 1.29 is 4.74 Å². The van der Waals surface area contributed by atoms with Crippen LogP contribution in [-0.2, 0) is 24.2 Å². The molecule has 20 heavy (non-hydrogen) atoms. The number of hydrogen-bond acceptors (Lipinski definition) is 4. The predicted octanol–water partition coefficient (Wildman–Crippen LogP) is 3.09. The molecule has 2 aromatic rings. The zero-order valence-electron chi connectivity index (χ0n) is 12.0. The van der Waals surface area contributed by atoms with E-state index in [2.05, 4.69) is 29.6 Å². The van der Waals surface area contributed by atoms with Crippen LogP contribution in [0.2, 0.25) is 0 Å². The highest BCUT2D eigenvalue weighted by Crippen LogP contribution is 2.34. The molecule has 1 N–H and O–H groups in total. The summed E-state index contributed by atoms with van der Waals surface area (Å²) in [6.07, 6.45) is 3.60. The van der Waals surface area contributed by atoms with Crippen LogP contribution in [0.15, 0.2) is 24.3 Å². The summed E-state index contributed by atoms with van der Waals surface area (Å²) in [5.41, 5.74) is 3.81. The van der Waals surface area contributed by atoms with Crippen LogP contribution in [0.1, 0.15) is 39.2 Å². The molecule has 0 radical (unpaired) electrons. The summed E-state index contributed by atoms with van der Waals surface area (Å²) in [7, 11) is 3.74. The molecule has 0 aliphatic heterocycles. The van der Waals surface area contributed by atoms with Gasteiger partial charge >= 0.3 is 0 Å². The van der Waals surface area contributed by atoms with Crippen molar-refractivity contribution >= 4 is 11.3 Å². The van der Waals surface area contributed by atoms with Crippen molar-refractivity contribution in [1.29, 1.82) is 0 Å². The minimum Gasteiger partial charge on any atom is -0.380 e. The topological polar surface area (TPSA) is 34.2 Å². The van der Waals surface area contributed by atoms with Crippen molar-refractivity contribution in [2.24, 2.45) is 0 Å². The Kier molecular flexibility index (Phi) is 4.15. The number of aromatic nitrogens is 1. The number of rotatable bonds is 5. The number of thiazole rings is 1. The fourth-order valence-corrected chi connectivity index (χ4v) is 4.13. The van der Waals surface area contributed by atoms with E-state index in [1.54, 1.807) is 7.11 Å². The standard InChI is InChI=1S/C16H20N2OS/c1-17-15(12-7-4-3-6-11(12)10-19-2)16-18-13-8-5-9-14(13)20-16/h3-4,6-7,15,17H,5,8-10H2,1-2H3. The third kappa shape index (κ3) is 2.51. The van der Waals surface area contributed by atoms with Crippen molar-refractivity contribution in [3.05, 3.63) is 51.0 Å². The van der Waals surface area contributed by atoms with Crippen LogP contribution in [0.3, 0.4) is 0 Å². The molecule has 1 unspecified atom stereocenters. The highest BCUT2D eigenvalue weighted by atomic mass is 32.1. The summed E-state index contributed by atoms with van der Waals surface area (Å²) in [5.74, 6) is 0. The molecule has 1 aromatic carbocycles. The molecule has 1 atom stereocenters. The van der Waals surface area contributed by atoms with Gasteiger partial charge in [0.15, 0.2) is 0 Å². The molecule has 0 bridgehead atoms. The Morgan fingerprint density at radius 2 is 2.20 bits per heavy atom. The second-order valence-corrected chi connectivity index (χ2v) is 6.24. The van der Waals surface area contributed by atoms with Gasteiger partial charge in [0, 0.05) is 12.0 Å². The molecule has 1 aliphatic rings. The van der Waals surface area contributed by atoms with Crippen molar-refractivity contribution in [3.63, 3.8) is 0 Å². The van der Waals surface area contributed by atoms with E-state index in [1.165, 1.54) is 39.5 Å². The number of nitrogens with one attached hydrogen (secondary N) is 1. The maximum atomic E-state index is 5.32. The third-order valence-electron chi connectivity index (χ3n) is 3.81. The number of methoxy groups -OCH3 is 1. The largest absolute Gasteiger partial charge is 0.380 e. The Labute approximate surface area is 124 Å². The third-order valence-corrected chi connectivity index (χ3v) is 5.04. The Morgan fingerprint density at radius 3 is 2.95 bits per heavy atom. The molecular weight excluding hydrogens is 268 g/mol. The SMILES string of the molecule is CNC(c1nc2c(s1)CCC2)c1ccccc1COC. The lowest BCUT2D eigenvalue weighted by atomic mass is 10.0. The quantitative estimate of drug-likeness (QED) is 0.918. The van der Waals surface area contributed by atoms with Crippen molar-refractivity contribution in [2.75, 3.05) is 14.2 Å². The van der Waals surface area contributed by atoms with Crippen LogP contribution in [-0.4, -0.2) is 19.1 Å². The fraction of sp³-hybridized carbons (Fsp3) is 0.438. The van der Waals surface area contributed by atoms with Crippen LogP contribution in [0.5, 0.6) is 0 Å². The van der Waals surface area contributed by atoms with E-state index >= 15 is 0 Å². The maximum Gasteiger partial charge on any atom is 0.115 e. The summed E-state index contributed by atoms with van der Waals surface area (Å²) in [6.45, 7) is 0.638. The average Bonchev–Trinajstić information content (AvgIpc) is 3.03. The van der Waals surface area contributed by atoms with Crippen LogP contribution in [0, 0.1) is 0 Å². The Morgan fingerprint density at radius 1 is 1.35 bits per heavy atom. The molecule has 0 spiro atoms. The first-order chi connectivity index (χ1) is 9.83. The zero-order valence-corrected chi connectivity index (χ0v) is 12.8. The maximum absolute atomic E-state index is 5.32. The smallest absolute Gasteiger partial charge is 0.115 e. The normalized spacial score (nSPS) is 15.3. The first-order valence-electron chi connectivity index (χ1n) is 7.06. The Hall–Kier alpha value is -1.23. The van der Waals surface area contributed by atoms with Gasteiger partial charge in [0.25, 0.3) is 0 Å². The van der Waals surface area contributed by atoms with Crippen LogP contribution < -0.4 is 5.32 Å². The van der Waals surface area contributed by atoms with Gasteiger partial charge in [-0.3, -0.25) is 0 Å². The minimum absolute atomic E-state index is 0.164. The van der Waals surface area contributed by atoms with Crippen LogP contribution >= 0.6 is 11.3 Å². The predicted molar refractivity (Wildman–Crippen MR) is 82.2 cm³/mol. The number of fused-ring (bicyclic) bond motifs is 1. The van der Waals surface area contributed by atoms with E-state index in [1.807, 2.05) is 18.4 Å². The second kappa shape index (κ2) is 6.04. The molecular formula is C16H20N2OS. The summed E-state index contributed by atoms with van der Waals surface area (Å²) in [5, 5.41) is 4.60. The van der Waals surface area contributed by atoms with E-state index in [0.717, 1.165) is 6.42 Å². The van der Waals surface area contributed by atoms with Gasteiger partial charge in [0.05, 0.1) is 18.3 Å². The molecule has 1 aromatic heterocycles. The van der Waals surface area contributed by atoms with Gasteiger partial charge in [-0.15, -0.1) is 11.3 Å². The minimum atomic E-state index is 0.164. The molecule has 106 valence electrons. The average molecular weight is 288 g/mol. The molecule has 0 saturated carbocycles. The van der Waals surface area contributed by atoms with Gasteiger partial charge in [-0.05, 0) is 37.4 Å². The van der Waals surface area contributed by atoms with Gasteiger partial charge in [-0.25, -0.2) is 4.98 Å². The van der Waals surface area contributed by atoms with E-state index in [4.69, 9.17) is 9.72 Å². The van der Waals surface area contributed by atoms with Gasteiger partial charge in [0.2, 0.25) is 0 Å². The van der Waals surface area contributed by atoms with E-state index in [9.17, 15) is 0 Å². The summed E-state index contributed by atoms with van der Waals surface area (Å²) < 4.78 is 5.32. The number of ether oxygens (including phenoxy) is 1. The van der Waals surface area contributed by atoms with E-state index in [-0.39, 0.29) is 6.04 Å². The summed E-state index contributed by atoms with van der Waals surface area (Å²) in [6, 6.07) is 8.61. The molecule has 0 saturated heterocycles. The first kappa shape index (κ1) is 13.7. The van der Waals surface area contributed by atoms with E-state index in [0.29, 0.717) is 6.61 Å². The number of nitrogens with zero attached hydrogens (tertiary/aromatic N) is 1. The van der Waals surface area contributed by atoms with Gasteiger partial charge in [-0.1, -0.05) is 24.3 Å². The van der Waals surface area contributed by atoms with Crippen molar-refractivity contribution in [3.8, 4) is 0 Å². The van der Waals surface area contributed by atoms with Gasteiger partial charge in [-0.2, -0.15) is 0 Å². The van der Waals surface area contributed by atoms with Crippen molar-refractivity contribution in [1.82, 2.24) is 10.3 Å². The summed E-state index contributed by atoms with van der Waals surface area (Å²) >= 11 is 1.86. The zero-order chi connectivity index (χ0) is 13.9. The van der Waals surface area contributed by atoms with Crippen molar-refractivity contribution in [2.45, 2.75) is 31.9 Å². The molecule has 3 nitrogen and oxygen atoms in total. The number of hydrogen-bond donors (Lipinski definition) is 1.